The first-order chi connectivity index (χ1) is 11.1. The molecule has 0 saturated heterocycles. The lowest BCUT2D eigenvalue weighted by atomic mass is 10.2. The highest BCUT2D eigenvalue weighted by Gasteiger charge is 2.33. The van der Waals surface area contributed by atoms with Crippen LogP contribution in [-0.4, -0.2) is 49.9 Å². The Hall–Kier alpha value is -2.21. The monoisotopic (exact) mass is 313 g/mol. The molecule has 3 rings (SSSR count). The number of pyridine rings is 1. The van der Waals surface area contributed by atoms with Crippen LogP contribution in [0.15, 0.2) is 36.9 Å². The van der Waals surface area contributed by atoms with Crippen molar-refractivity contribution in [1.82, 2.24) is 24.3 Å². The van der Waals surface area contributed by atoms with Gasteiger partial charge < -0.3 is 9.47 Å². The smallest absolute Gasteiger partial charge is 0.237 e. The highest BCUT2D eigenvalue weighted by Crippen LogP contribution is 2.28. The van der Waals surface area contributed by atoms with Crippen molar-refractivity contribution < 1.29 is 4.79 Å². The summed E-state index contributed by atoms with van der Waals surface area (Å²) in [7, 11) is 3.93. The number of hydrogen-bond donors (Lipinski definition) is 0. The predicted octanol–water partition coefficient (Wildman–Crippen LogP) is 1.44. The summed E-state index contributed by atoms with van der Waals surface area (Å²) >= 11 is 0. The molecule has 0 unspecified atom stereocenters. The molecule has 1 fully saturated rings. The van der Waals surface area contributed by atoms with Crippen LogP contribution in [0.4, 0.5) is 0 Å². The van der Waals surface area contributed by atoms with Gasteiger partial charge in [0.1, 0.15) is 5.82 Å². The summed E-state index contributed by atoms with van der Waals surface area (Å²) in [5, 5.41) is 0. The minimum Gasteiger partial charge on any atom is -0.337 e. The number of likely N-dealkylation sites (N-methyl/N-ethyl adjacent to an activating group) is 1. The zero-order valence-electron chi connectivity index (χ0n) is 13.7. The highest BCUT2D eigenvalue weighted by atomic mass is 16.2. The zero-order valence-corrected chi connectivity index (χ0v) is 13.7. The van der Waals surface area contributed by atoms with Gasteiger partial charge in [0.2, 0.25) is 5.91 Å². The first-order valence-electron chi connectivity index (χ1n) is 7.96. The average molecular weight is 313 g/mol. The van der Waals surface area contributed by atoms with E-state index in [1.54, 1.807) is 12.4 Å². The quantitative estimate of drug-likeness (QED) is 0.776. The molecule has 0 spiro atoms. The number of amides is 1. The van der Waals surface area contributed by atoms with E-state index in [9.17, 15) is 4.79 Å². The van der Waals surface area contributed by atoms with Gasteiger partial charge >= 0.3 is 0 Å². The van der Waals surface area contributed by atoms with E-state index in [0.29, 0.717) is 19.1 Å². The van der Waals surface area contributed by atoms with Gasteiger partial charge in [0.05, 0.1) is 13.1 Å². The van der Waals surface area contributed by atoms with Crippen LogP contribution in [0.3, 0.4) is 0 Å². The summed E-state index contributed by atoms with van der Waals surface area (Å²) in [6, 6.07) is 4.33. The summed E-state index contributed by atoms with van der Waals surface area (Å²) < 4.78 is 1.97. The second-order valence-corrected chi connectivity index (χ2v) is 6.24. The Morgan fingerprint density at radius 3 is 2.78 bits per heavy atom. The molecule has 0 aliphatic heterocycles. The van der Waals surface area contributed by atoms with Crippen molar-refractivity contribution in [3.8, 4) is 0 Å². The SMILES string of the molecule is CN(CC(=O)N(Cc1nccn1C)C1CC1)Cc1cccnc1. The molecule has 0 radical (unpaired) electrons. The molecule has 6 heteroatoms. The van der Waals surface area contributed by atoms with E-state index >= 15 is 0 Å². The number of rotatable bonds is 7. The zero-order chi connectivity index (χ0) is 16.2. The van der Waals surface area contributed by atoms with Gasteiger partial charge in [-0.15, -0.1) is 0 Å². The fraction of sp³-hybridized carbons (Fsp3) is 0.471. The van der Waals surface area contributed by atoms with E-state index in [2.05, 4.69) is 9.97 Å². The molecular formula is C17H23N5O. The Labute approximate surface area is 136 Å². The molecule has 6 nitrogen and oxygen atoms in total. The van der Waals surface area contributed by atoms with Gasteiger partial charge in [-0.1, -0.05) is 6.07 Å². The molecule has 1 aliphatic rings. The largest absolute Gasteiger partial charge is 0.337 e. The third-order valence-electron chi connectivity index (χ3n) is 4.12. The molecular weight excluding hydrogens is 290 g/mol. The van der Waals surface area contributed by atoms with Crippen molar-refractivity contribution in [3.05, 3.63) is 48.3 Å². The normalized spacial score (nSPS) is 14.2. The lowest BCUT2D eigenvalue weighted by molar-refractivity contribution is -0.133. The first kappa shape index (κ1) is 15.7. The number of carbonyl (C=O) groups is 1. The Morgan fingerprint density at radius 1 is 1.35 bits per heavy atom. The van der Waals surface area contributed by atoms with Crippen LogP contribution in [0.25, 0.3) is 0 Å². The van der Waals surface area contributed by atoms with Gasteiger partial charge in [-0.05, 0) is 31.5 Å². The highest BCUT2D eigenvalue weighted by molar-refractivity contribution is 5.78. The molecule has 23 heavy (non-hydrogen) atoms. The Morgan fingerprint density at radius 2 is 2.17 bits per heavy atom. The van der Waals surface area contributed by atoms with Crippen LogP contribution >= 0.6 is 0 Å². The summed E-state index contributed by atoms with van der Waals surface area (Å²) in [6.07, 6.45) is 9.49. The maximum Gasteiger partial charge on any atom is 0.237 e. The molecule has 1 aliphatic carbocycles. The van der Waals surface area contributed by atoms with Crippen LogP contribution in [0, 0.1) is 0 Å². The topological polar surface area (TPSA) is 54.3 Å². The standard InChI is InChI=1S/C17H23N5O/c1-20(11-14-4-3-7-18-10-14)13-17(23)22(15-5-6-15)12-16-19-8-9-21(16)2/h3-4,7-10,15H,5-6,11-13H2,1-2H3. The van der Waals surface area contributed by atoms with E-state index in [1.807, 2.05) is 53.0 Å². The lowest BCUT2D eigenvalue weighted by Gasteiger charge is -2.25. The molecule has 2 heterocycles. The minimum absolute atomic E-state index is 0.168. The van der Waals surface area contributed by atoms with Crippen LogP contribution < -0.4 is 0 Å². The fourth-order valence-electron chi connectivity index (χ4n) is 2.69. The molecule has 122 valence electrons. The maximum absolute atomic E-state index is 12.7. The van der Waals surface area contributed by atoms with Crippen molar-refractivity contribution in [3.63, 3.8) is 0 Å². The van der Waals surface area contributed by atoms with Crippen LogP contribution in [-0.2, 0) is 24.9 Å². The Balaban J connectivity index is 1.59. The van der Waals surface area contributed by atoms with Crippen molar-refractivity contribution in [1.29, 1.82) is 0 Å². The van der Waals surface area contributed by atoms with E-state index in [4.69, 9.17) is 0 Å². The molecule has 1 saturated carbocycles. The third kappa shape index (κ3) is 4.16. The maximum atomic E-state index is 12.7. The van der Waals surface area contributed by atoms with Gasteiger partial charge in [-0.2, -0.15) is 0 Å². The van der Waals surface area contributed by atoms with E-state index in [1.165, 1.54) is 0 Å². The second-order valence-electron chi connectivity index (χ2n) is 6.24. The minimum atomic E-state index is 0.168. The van der Waals surface area contributed by atoms with Crippen molar-refractivity contribution >= 4 is 5.91 Å². The summed E-state index contributed by atoms with van der Waals surface area (Å²) in [5.74, 6) is 1.10. The number of hydrogen-bond acceptors (Lipinski definition) is 4. The van der Waals surface area contributed by atoms with E-state index in [-0.39, 0.29) is 5.91 Å². The summed E-state index contributed by atoms with van der Waals surface area (Å²) in [4.78, 5) is 25.2. The molecule has 2 aromatic rings. The number of aromatic nitrogens is 3. The van der Waals surface area contributed by atoms with Crippen molar-refractivity contribution in [2.24, 2.45) is 7.05 Å². The predicted molar refractivity (Wildman–Crippen MR) is 87.4 cm³/mol. The summed E-state index contributed by atoms with van der Waals surface area (Å²) in [5.41, 5.74) is 1.12. The Kier molecular flexibility index (Phi) is 4.71. The van der Waals surface area contributed by atoms with Gasteiger partial charge in [-0.3, -0.25) is 14.7 Å². The number of aryl methyl sites for hydroxylation is 1. The van der Waals surface area contributed by atoms with Gasteiger partial charge in [-0.25, -0.2) is 4.98 Å². The lowest BCUT2D eigenvalue weighted by Crippen LogP contribution is -2.40. The number of carbonyl (C=O) groups excluding carboxylic acids is 1. The van der Waals surface area contributed by atoms with Gasteiger partial charge in [0, 0.05) is 44.4 Å². The van der Waals surface area contributed by atoms with E-state index in [0.717, 1.165) is 30.8 Å². The number of imidazole rings is 1. The molecule has 0 N–H and O–H groups in total. The molecule has 0 bridgehead atoms. The van der Waals surface area contributed by atoms with Crippen LogP contribution in [0.5, 0.6) is 0 Å². The fourth-order valence-corrected chi connectivity index (χ4v) is 2.69. The Bertz CT molecular complexity index is 650. The second kappa shape index (κ2) is 6.91. The average Bonchev–Trinajstić information content (AvgIpc) is 3.28. The molecule has 0 aromatic carbocycles. The third-order valence-corrected chi connectivity index (χ3v) is 4.12. The van der Waals surface area contributed by atoms with Crippen LogP contribution in [0.1, 0.15) is 24.2 Å². The van der Waals surface area contributed by atoms with Crippen molar-refractivity contribution in [2.75, 3.05) is 13.6 Å². The molecule has 1 amide bonds. The van der Waals surface area contributed by atoms with Crippen LogP contribution in [0.2, 0.25) is 0 Å². The van der Waals surface area contributed by atoms with Gasteiger partial charge in [0.25, 0.3) is 0 Å². The van der Waals surface area contributed by atoms with E-state index < -0.39 is 0 Å². The molecule has 2 aromatic heterocycles. The van der Waals surface area contributed by atoms with Gasteiger partial charge in [0.15, 0.2) is 0 Å². The van der Waals surface area contributed by atoms with Crippen molar-refractivity contribution in [2.45, 2.75) is 32.0 Å². The summed E-state index contributed by atoms with van der Waals surface area (Å²) in [6.45, 7) is 1.73. The molecule has 0 atom stereocenters. The first-order valence-corrected chi connectivity index (χ1v) is 7.96. The number of nitrogens with zero attached hydrogens (tertiary/aromatic N) is 5.